The van der Waals surface area contributed by atoms with Gasteiger partial charge in [-0.1, -0.05) is 104 Å². The van der Waals surface area contributed by atoms with Crippen molar-refractivity contribution in [2.24, 2.45) is 0 Å². The largest absolute Gasteiger partial charge is 0.242 e. The van der Waals surface area contributed by atoms with E-state index in [0.717, 1.165) is 13.1 Å². The number of unbranched alkanes of at least 4 members (excludes halogenated alkanes) is 14. The zero-order chi connectivity index (χ0) is 15.4. The zero-order valence-electron chi connectivity index (χ0n) is 15.2. The van der Waals surface area contributed by atoms with Crippen molar-refractivity contribution in [1.29, 1.82) is 0 Å². The van der Waals surface area contributed by atoms with Gasteiger partial charge in [-0.15, -0.1) is 0 Å². The third kappa shape index (κ3) is 20.0. The summed E-state index contributed by atoms with van der Waals surface area (Å²) in [7, 11) is 0. The Morgan fingerprint density at radius 1 is 0.381 bits per heavy atom. The van der Waals surface area contributed by atoms with Gasteiger partial charge in [-0.25, -0.2) is 5.32 Å². The number of hydrogen-bond acceptors (Lipinski definition) is 0. The molecule has 0 aromatic carbocycles. The Morgan fingerprint density at radius 2 is 0.667 bits per heavy atom. The highest BCUT2D eigenvalue weighted by Gasteiger charge is 1.94. The summed E-state index contributed by atoms with van der Waals surface area (Å²) in [5, 5.41) is 4.66. The van der Waals surface area contributed by atoms with E-state index in [4.69, 9.17) is 0 Å². The lowest BCUT2D eigenvalue weighted by atomic mass is 10.1. The van der Waals surface area contributed by atoms with Crippen molar-refractivity contribution in [2.45, 2.75) is 117 Å². The molecule has 1 nitrogen and oxygen atoms in total. The van der Waals surface area contributed by atoms with Crippen molar-refractivity contribution in [3.05, 3.63) is 0 Å². The molecule has 0 spiro atoms. The van der Waals surface area contributed by atoms with Gasteiger partial charge in [0.25, 0.3) is 0 Å². The van der Waals surface area contributed by atoms with Crippen LogP contribution in [0.3, 0.4) is 0 Å². The van der Waals surface area contributed by atoms with Gasteiger partial charge in [-0.05, 0) is 12.8 Å². The Labute approximate surface area is 135 Å². The molecule has 0 aromatic heterocycles. The Hall–Kier alpha value is -0.0400. The molecule has 0 rings (SSSR count). The van der Waals surface area contributed by atoms with Crippen LogP contribution in [0.15, 0.2) is 0 Å². The number of nitrogens with zero attached hydrogens (tertiary/aromatic N) is 1. The first-order valence-corrected chi connectivity index (χ1v) is 10.0. The van der Waals surface area contributed by atoms with Crippen LogP contribution in [-0.2, 0) is 0 Å². The second-order valence-corrected chi connectivity index (χ2v) is 6.62. The third-order valence-electron chi connectivity index (χ3n) is 4.34. The molecule has 0 aliphatic heterocycles. The highest BCUT2D eigenvalue weighted by Crippen LogP contribution is 2.10. The fourth-order valence-corrected chi connectivity index (χ4v) is 2.83. The molecule has 0 unspecified atom stereocenters. The Kier molecular flexibility index (Phi) is 19.9. The normalized spacial score (nSPS) is 11.1. The molecule has 0 aliphatic carbocycles. The van der Waals surface area contributed by atoms with E-state index in [1.807, 2.05) is 0 Å². The maximum Gasteiger partial charge on any atom is 0.0133 e. The summed E-state index contributed by atoms with van der Waals surface area (Å²) < 4.78 is 0. The maximum atomic E-state index is 4.66. The average Bonchev–Trinajstić information content (AvgIpc) is 2.50. The van der Waals surface area contributed by atoms with E-state index >= 15 is 0 Å². The van der Waals surface area contributed by atoms with Crippen LogP contribution in [0.2, 0.25) is 0 Å². The summed E-state index contributed by atoms with van der Waals surface area (Å²) in [4.78, 5) is 0. The molecule has 0 heterocycles. The van der Waals surface area contributed by atoms with Crippen LogP contribution in [0.25, 0.3) is 0 Å². The van der Waals surface area contributed by atoms with Crippen molar-refractivity contribution in [1.82, 2.24) is 5.32 Å². The standard InChI is InChI=1S/C20H42N/c1-3-5-7-9-11-12-13-14-16-18-20-21-19-17-15-10-8-6-4-2/h3-20H2,1-2H3. The molecule has 21 heavy (non-hydrogen) atoms. The van der Waals surface area contributed by atoms with Gasteiger partial charge in [0.1, 0.15) is 0 Å². The molecule has 0 bridgehead atoms. The first-order chi connectivity index (χ1) is 10.4. The Balaban J connectivity index is 2.90. The molecular formula is C20H42N. The molecule has 1 radical (unpaired) electrons. The topological polar surface area (TPSA) is 14.1 Å². The highest BCUT2D eigenvalue weighted by atomic mass is 14.8. The van der Waals surface area contributed by atoms with Crippen LogP contribution in [-0.4, -0.2) is 13.1 Å². The summed E-state index contributed by atoms with van der Waals surface area (Å²) in [6.45, 7) is 6.80. The average molecular weight is 297 g/mol. The fraction of sp³-hybridized carbons (Fsp3) is 1.00. The van der Waals surface area contributed by atoms with Crippen LogP contribution in [0.4, 0.5) is 0 Å². The lowest BCUT2D eigenvalue weighted by Crippen LogP contribution is -2.08. The molecule has 0 atom stereocenters. The second kappa shape index (κ2) is 20.0. The minimum Gasteiger partial charge on any atom is -0.242 e. The molecule has 0 aliphatic rings. The van der Waals surface area contributed by atoms with E-state index < -0.39 is 0 Å². The van der Waals surface area contributed by atoms with Gasteiger partial charge in [0, 0.05) is 13.1 Å². The summed E-state index contributed by atoms with van der Waals surface area (Å²) in [6.07, 6.45) is 22.5. The third-order valence-corrected chi connectivity index (χ3v) is 4.34. The summed E-state index contributed by atoms with van der Waals surface area (Å²) in [6, 6.07) is 0. The fourth-order valence-electron chi connectivity index (χ4n) is 2.83. The molecule has 1 heteroatoms. The molecule has 0 saturated heterocycles. The highest BCUT2D eigenvalue weighted by molar-refractivity contribution is 4.51. The number of hydrogen-bond donors (Lipinski definition) is 0. The number of rotatable bonds is 18. The summed E-state index contributed by atoms with van der Waals surface area (Å²) >= 11 is 0. The van der Waals surface area contributed by atoms with Gasteiger partial charge in [-0.3, -0.25) is 0 Å². The zero-order valence-corrected chi connectivity index (χ0v) is 15.2. The minimum atomic E-state index is 1.11. The van der Waals surface area contributed by atoms with Crippen molar-refractivity contribution in [3.8, 4) is 0 Å². The van der Waals surface area contributed by atoms with Crippen LogP contribution in [0, 0.1) is 0 Å². The molecule has 0 amide bonds. The maximum absolute atomic E-state index is 4.66. The molecule has 0 N–H and O–H groups in total. The van der Waals surface area contributed by atoms with E-state index in [1.165, 1.54) is 103 Å². The molecular weight excluding hydrogens is 254 g/mol. The van der Waals surface area contributed by atoms with E-state index in [-0.39, 0.29) is 0 Å². The molecule has 0 saturated carbocycles. The quantitative estimate of drug-likeness (QED) is 0.245. The van der Waals surface area contributed by atoms with E-state index in [1.54, 1.807) is 0 Å². The van der Waals surface area contributed by atoms with E-state index in [9.17, 15) is 0 Å². The molecule has 0 fully saturated rings. The first-order valence-electron chi connectivity index (χ1n) is 10.0. The van der Waals surface area contributed by atoms with Crippen molar-refractivity contribution in [2.75, 3.05) is 13.1 Å². The van der Waals surface area contributed by atoms with Crippen molar-refractivity contribution in [3.63, 3.8) is 0 Å². The smallest absolute Gasteiger partial charge is 0.0133 e. The minimum absolute atomic E-state index is 1.11. The van der Waals surface area contributed by atoms with E-state index in [2.05, 4.69) is 19.2 Å². The van der Waals surface area contributed by atoms with E-state index in [0.29, 0.717) is 0 Å². The second-order valence-electron chi connectivity index (χ2n) is 6.62. The van der Waals surface area contributed by atoms with Crippen molar-refractivity contribution >= 4 is 0 Å². The van der Waals surface area contributed by atoms with Crippen LogP contribution in [0.5, 0.6) is 0 Å². The Bertz CT molecular complexity index is 149. The molecule has 127 valence electrons. The predicted octanol–water partition coefficient (Wildman–Crippen LogP) is 6.87. The van der Waals surface area contributed by atoms with Gasteiger partial charge in [0.05, 0.1) is 0 Å². The van der Waals surface area contributed by atoms with Gasteiger partial charge in [0.15, 0.2) is 0 Å². The van der Waals surface area contributed by atoms with Crippen LogP contribution < -0.4 is 5.32 Å². The summed E-state index contributed by atoms with van der Waals surface area (Å²) in [5.41, 5.74) is 0. The van der Waals surface area contributed by atoms with Crippen LogP contribution >= 0.6 is 0 Å². The lowest BCUT2D eigenvalue weighted by molar-refractivity contribution is 0.527. The summed E-state index contributed by atoms with van der Waals surface area (Å²) in [5.74, 6) is 0. The van der Waals surface area contributed by atoms with Gasteiger partial charge in [0.2, 0.25) is 0 Å². The van der Waals surface area contributed by atoms with Crippen LogP contribution in [0.1, 0.15) is 117 Å². The SMILES string of the molecule is CCCCCCCCCCCC[N]CCCCCCCC. The molecule has 0 aromatic rings. The van der Waals surface area contributed by atoms with Gasteiger partial charge < -0.3 is 0 Å². The lowest BCUT2D eigenvalue weighted by Gasteiger charge is -2.04. The predicted molar refractivity (Wildman–Crippen MR) is 97.1 cm³/mol. The van der Waals surface area contributed by atoms with Gasteiger partial charge >= 0.3 is 0 Å². The monoisotopic (exact) mass is 296 g/mol. The Morgan fingerprint density at radius 3 is 1.00 bits per heavy atom. The van der Waals surface area contributed by atoms with Gasteiger partial charge in [-0.2, -0.15) is 0 Å². The first kappa shape index (κ1) is 21.0. The van der Waals surface area contributed by atoms with Crippen molar-refractivity contribution < 1.29 is 0 Å².